The molecule has 0 unspecified atom stereocenters. The predicted molar refractivity (Wildman–Crippen MR) is 84.7 cm³/mol. The number of hydrogen-bond acceptors (Lipinski definition) is 3. The Labute approximate surface area is 129 Å². The van der Waals surface area contributed by atoms with Gasteiger partial charge in [-0.1, -0.05) is 37.3 Å². The summed E-state index contributed by atoms with van der Waals surface area (Å²) in [5.74, 6) is -0.876. The predicted octanol–water partition coefficient (Wildman–Crippen LogP) is 2.12. The molecule has 2 aromatic rings. The summed E-state index contributed by atoms with van der Waals surface area (Å²) in [7, 11) is 0. The van der Waals surface area contributed by atoms with Gasteiger partial charge < -0.3 is 0 Å². The number of amides is 2. The lowest BCUT2D eigenvalue weighted by Gasteiger charge is -2.04. The highest BCUT2D eigenvalue weighted by atomic mass is 16.2. The molecule has 22 heavy (non-hydrogen) atoms. The Kier molecular flexibility index (Phi) is 5.43. The summed E-state index contributed by atoms with van der Waals surface area (Å²) < 4.78 is 0. The summed E-state index contributed by atoms with van der Waals surface area (Å²) in [5, 5.41) is 0. The molecule has 0 spiro atoms. The highest BCUT2D eigenvalue weighted by molar-refractivity contribution is 5.96. The fourth-order valence-electron chi connectivity index (χ4n) is 1.76. The lowest BCUT2D eigenvalue weighted by atomic mass is 10.1. The van der Waals surface area contributed by atoms with E-state index in [4.69, 9.17) is 0 Å². The second-order valence-electron chi connectivity index (χ2n) is 4.59. The zero-order valence-electron chi connectivity index (χ0n) is 12.2. The maximum Gasteiger partial charge on any atom is 0.288 e. The van der Waals surface area contributed by atoms with Crippen LogP contribution in [0.2, 0.25) is 0 Å². The Morgan fingerprint density at radius 1 is 1.09 bits per heavy atom. The fraction of sp³-hybridized carbons (Fsp3) is 0.118. The van der Waals surface area contributed by atoms with E-state index in [1.807, 2.05) is 24.3 Å². The molecule has 2 amide bonds. The Balaban J connectivity index is 1.84. The van der Waals surface area contributed by atoms with Crippen molar-refractivity contribution in [3.05, 3.63) is 71.6 Å². The number of hydrazine groups is 1. The lowest BCUT2D eigenvalue weighted by Crippen LogP contribution is -2.41. The Morgan fingerprint density at radius 2 is 1.86 bits per heavy atom. The molecule has 2 rings (SSSR count). The number of hydrogen-bond donors (Lipinski definition) is 2. The number of nitrogens with zero attached hydrogens (tertiary/aromatic N) is 1. The lowest BCUT2D eigenvalue weighted by molar-refractivity contribution is -0.117. The average Bonchev–Trinajstić information content (AvgIpc) is 2.59. The van der Waals surface area contributed by atoms with Crippen LogP contribution in [0, 0.1) is 0 Å². The van der Waals surface area contributed by atoms with Crippen LogP contribution >= 0.6 is 0 Å². The van der Waals surface area contributed by atoms with Gasteiger partial charge in [0.2, 0.25) is 0 Å². The first-order chi connectivity index (χ1) is 10.7. The van der Waals surface area contributed by atoms with Crippen molar-refractivity contribution in [2.75, 3.05) is 0 Å². The number of carbonyl (C=O) groups excluding carboxylic acids is 2. The summed E-state index contributed by atoms with van der Waals surface area (Å²) in [6.07, 6.45) is 5.53. The second kappa shape index (κ2) is 7.73. The van der Waals surface area contributed by atoms with E-state index in [1.54, 1.807) is 24.3 Å². The molecule has 0 atom stereocenters. The standard InChI is InChI=1S/C17H17N3O2/c1-2-13-6-8-14(9-7-13)10-11-16(21)19-20-17(22)15-5-3-4-12-18-15/h3-12H,2H2,1H3,(H,19,21)(H,20,22)/b11-10+. The Bertz CT molecular complexity index is 664. The van der Waals surface area contributed by atoms with E-state index in [2.05, 4.69) is 22.8 Å². The first kappa shape index (κ1) is 15.4. The van der Waals surface area contributed by atoms with Crippen LogP contribution in [0.4, 0.5) is 0 Å². The summed E-state index contributed by atoms with van der Waals surface area (Å²) in [5.41, 5.74) is 7.01. The van der Waals surface area contributed by atoms with Gasteiger partial charge in [0.25, 0.3) is 11.8 Å². The molecule has 0 saturated carbocycles. The van der Waals surface area contributed by atoms with Crippen molar-refractivity contribution in [3.63, 3.8) is 0 Å². The molecule has 112 valence electrons. The van der Waals surface area contributed by atoms with Crippen molar-refractivity contribution in [2.45, 2.75) is 13.3 Å². The van der Waals surface area contributed by atoms with Crippen LogP contribution in [-0.4, -0.2) is 16.8 Å². The zero-order valence-corrected chi connectivity index (χ0v) is 12.2. The van der Waals surface area contributed by atoms with E-state index in [0.29, 0.717) is 0 Å². The van der Waals surface area contributed by atoms with Crippen molar-refractivity contribution in [1.29, 1.82) is 0 Å². The van der Waals surface area contributed by atoms with Crippen LogP contribution in [0.1, 0.15) is 28.5 Å². The summed E-state index contributed by atoms with van der Waals surface area (Å²) in [6.45, 7) is 2.09. The van der Waals surface area contributed by atoms with Crippen LogP contribution in [0.15, 0.2) is 54.7 Å². The highest BCUT2D eigenvalue weighted by Gasteiger charge is 2.05. The van der Waals surface area contributed by atoms with Crippen LogP contribution < -0.4 is 10.9 Å². The minimum Gasteiger partial charge on any atom is -0.268 e. The largest absolute Gasteiger partial charge is 0.288 e. The SMILES string of the molecule is CCc1ccc(/C=C/C(=O)NNC(=O)c2ccccn2)cc1. The first-order valence-electron chi connectivity index (χ1n) is 6.97. The first-order valence-corrected chi connectivity index (χ1v) is 6.97. The molecule has 0 fully saturated rings. The van der Waals surface area contributed by atoms with Gasteiger partial charge in [0.1, 0.15) is 5.69 Å². The van der Waals surface area contributed by atoms with Gasteiger partial charge in [-0.15, -0.1) is 0 Å². The Hall–Kier alpha value is -2.95. The van der Waals surface area contributed by atoms with Crippen LogP contribution in [0.25, 0.3) is 6.08 Å². The van der Waals surface area contributed by atoms with Gasteiger partial charge in [-0.25, -0.2) is 0 Å². The van der Waals surface area contributed by atoms with Crippen molar-refractivity contribution in [1.82, 2.24) is 15.8 Å². The van der Waals surface area contributed by atoms with Gasteiger partial charge in [-0.05, 0) is 35.8 Å². The molecule has 0 bridgehead atoms. The number of aryl methyl sites for hydroxylation is 1. The number of pyridine rings is 1. The maximum atomic E-state index is 11.7. The van der Waals surface area contributed by atoms with Gasteiger partial charge in [0.15, 0.2) is 0 Å². The molecular formula is C17H17N3O2. The third-order valence-electron chi connectivity index (χ3n) is 3.01. The van der Waals surface area contributed by atoms with E-state index in [-0.39, 0.29) is 5.69 Å². The van der Waals surface area contributed by atoms with Crippen molar-refractivity contribution >= 4 is 17.9 Å². The van der Waals surface area contributed by atoms with Gasteiger partial charge in [0.05, 0.1) is 0 Å². The molecule has 1 heterocycles. The molecule has 5 nitrogen and oxygen atoms in total. The number of aromatic nitrogens is 1. The third kappa shape index (κ3) is 4.56. The minimum atomic E-state index is -0.463. The second-order valence-corrected chi connectivity index (χ2v) is 4.59. The van der Waals surface area contributed by atoms with E-state index in [1.165, 1.54) is 17.8 Å². The molecule has 5 heteroatoms. The normalized spacial score (nSPS) is 10.4. The van der Waals surface area contributed by atoms with Gasteiger partial charge in [-0.3, -0.25) is 25.4 Å². The number of benzene rings is 1. The molecule has 2 N–H and O–H groups in total. The van der Waals surface area contributed by atoms with Crippen molar-refractivity contribution < 1.29 is 9.59 Å². The topological polar surface area (TPSA) is 71.1 Å². The van der Waals surface area contributed by atoms with Gasteiger partial charge in [0, 0.05) is 12.3 Å². The third-order valence-corrected chi connectivity index (χ3v) is 3.01. The van der Waals surface area contributed by atoms with Crippen LogP contribution in [-0.2, 0) is 11.2 Å². The Morgan fingerprint density at radius 3 is 2.50 bits per heavy atom. The molecule has 1 aromatic heterocycles. The van der Waals surface area contributed by atoms with Crippen molar-refractivity contribution in [3.8, 4) is 0 Å². The number of nitrogens with one attached hydrogen (secondary N) is 2. The zero-order chi connectivity index (χ0) is 15.8. The highest BCUT2D eigenvalue weighted by Crippen LogP contribution is 2.06. The molecule has 0 aliphatic rings. The van der Waals surface area contributed by atoms with E-state index in [0.717, 1.165) is 12.0 Å². The molecule has 0 saturated heterocycles. The van der Waals surface area contributed by atoms with Gasteiger partial charge in [-0.2, -0.15) is 0 Å². The molecule has 1 aromatic carbocycles. The van der Waals surface area contributed by atoms with E-state index < -0.39 is 11.8 Å². The van der Waals surface area contributed by atoms with Crippen LogP contribution in [0.5, 0.6) is 0 Å². The minimum absolute atomic E-state index is 0.238. The number of rotatable bonds is 4. The summed E-state index contributed by atoms with van der Waals surface area (Å²) in [4.78, 5) is 27.2. The molecule has 0 radical (unpaired) electrons. The van der Waals surface area contributed by atoms with Gasteiger partial charge >= 0.3 is 0 Å². The summed E-state index contributed by atoms with van der Waals surface area (Å²) in [6, 6.07) is 12.9. The molecule has 0 aliphatic carbocycles. The van der Waals surface area contributed by atoms with E-state index in [9.17, 15) is 9.59 Å². The smallest absolute Gasteiger partial charge is 0.268 e. The summed E-state index contributed by atoms with van der Waals surface area (Å²) >= 11 is 0. The quantitative estimate of drug-likeness (QED) is 0.670. The van der Waals surface area contributed by atoms with E-state index >= 15 is 0 Å². The maximum absolute atomic E-state index is 11.7. The van der Waals surface area contributed by atoms with Crippen LogP contribution in [0.3, 0.4) is 0 Å². The molecular weight excluding hydrogens is 278 g/mol. The monoisotopic (exact) mass is 295 g/mol. The fourth-order valence-corrected chi connectivity index (χ4v) is 1.76. The molecule has 0 aliphatic heterocycles. The number of carbonyl (C=O) groups is 2. The van der Waals surface area contributed by atoms with Crippen molar-refractivity contribution in [2.24, 2.45) is 0 Å². The average molecular weight is 295 g/mol.